The number of nitrogens with two attached hydrogens (primary N) is 2. The molecule has 5 nitrogen and oxygen atoms in total. The van der Waals surface area contributed by atoms with Crippen LogP contribution in [0.4, 0.5) is 11.4 Å². The van der Waals surface area contributed by atoms with Crippen molar-refractivity contribution in [3.05, 3.63) is 18.2 Å². The van der Waals surface area contributed by atoms with Crippen molar-refractivity contribution in [1.29, 1.82) is 0 Å². The van der Waals surface area contributed by atoms with Crippen molar-refractivity contribution in [2.75, 3.05) is 24.2 Å². The number of sulfonamides is 1. The first-order valence-electron chi connectivity index (χ1n) is 4.49. The van der Waals surface area contributed by atoms with Crippen LogP contribution < -0.4 is 15.8 Å². The van der Waals surface area contributed by atoms with Gasteiger partial charge in [-0.05, 0) is 25.1 Å². The third-order valence-corrected chi connectivity index (χ3v) is 3.12. The van der Waals surface area contributed by atoms with E-state index in [4.69, 9.17) is 10.9 Å². The zero-order valence-corrected chi connectivity index (χ0v) is 9.58. The summed E-state index contributed by atoms with van der Waals surface area (Å²) in [4.78, 5) is 1.95. The summed E-state index contributed by atoms with van der Waals surface area (Å²) in [7, 11) is -1.80. The zero-order chi connectivity index (χ0) is 11.6. The van der Waals surface area contributed by atoms with Crippen LogP contribution in [0.2, 0.25) is 0 Å². The molecule has 84 valence electrons. The number of nitrogens with zero attached hydrogens (tertiary/aromatic N) is 1. The fraction of sp³-hybridized carbons (Fsp3) is 0.333. The van der Waals surface area contributed by atoms with Gasteiger partial charge in [-0.3, -0.25) is 0 Å². The minimum atomic E-state index is -3.67. The monoisotopic (exact) mass is 229 g/mol. The number of rotatable bonds is 3. The molecule has 0 bridgehead atoms. The normalized spacial score (nSPS) is 11.4. The lowest BCUT2D eigenvalue weighted by Crippen LogP contribution is -2.18. The summed E-state index contributed by atoms with van der Waals surface area (Å²) in [6.07, 6.45) is 0. The van der Waals surface area contributed by atoms with E-state index in [0.29, 0.717) is 5.69 Å². The molecule has 0 aromatic heterocycles. The Morgan fingerprint density at radius 1 is 1.40 bits per heavy atom. The van der Waals surface area contributed by atoms with E-state index in [1.807, 2.05) is 18.9 Å². The summed E-state index contributed by atoms with van der Waals surface area (Å²) in [6.45, 7) is 2.77. The van der Waals surface area contributed by atoms with Gasteiger partial charge in [0.1, 0.15) is 0 Å². The van der Waals surface area contributed by atoms with Crippen molar-refractivity contribution in [2.45, 2.75) is 11.8 Å². The van der Waals surface area contributed by atoms with E-state index in [9.17, 15) is 8.42 Å². The molecule has 0 aliphatic carbocycles. The Bertz CT molecular complexity index is 456. The smallest absolute Gasteiger partial charge is 0.238 e. The zero-order valence-electron chi connectivity index (χ0n) is 8.77. The highest BCUT2D eigenvalue weighted by Crippen LogP contribution is 2.24. The van der Waals surface area contributed by atoms with E-state index < -0.39 is 10.0 Å². The fourth-order valence-corrected chi connectivity index (χ4v) is 1.78. The summed E-state index contributed by atoms with van der Waals surface area (Å²) in [5.41, 5.74) is 6.94. The Labute approximate surface area is 89.7 Å². The second-order valence-electron chi connectivity index (χ2n) is 3.28. The van der Waals surface area contributed by atoms with Gasteiger partial charge in [0.25, 0.3) is 0 Å². The second kappa shape index (κ2) is 4.08. The number of primary sulfonamides is 1. The Hall–Kier alpha value is -1.27. The largest absolute Gasteiger partial charge is 0.397 e. The molecule has 0 aliphatic rings. The molecule has 0 saturated carbocycles. The molecule has 0 atom stereocenters. The minimum Gasteiger partial charge on any atom is -0.397 e. The van der Waals surface area contributed by atoms with Crippen molar-refractivity contribution in [3.63, 3.8) is 0 Å². The molecule has 0 saturated heterocycles. The van der Waals surface area contributed by atoms with E-state index in [2.05, 4.69) is 0 Å². The summed E-state index contributed by atoms with van der Waals surface area (Å²) >= 11 is 0. The van der Waals surface area contributed by atoms with Gasteiger partial charge >= 0.3 is 0 Å². The number of hydrogen-bond donors (Lipinski definition) is 2. The Morgan fingerprint density at radius 3 is 2.40 bits per heavy atom. The number of anilines is 2. The molecule has 1 aromatic rings. The summed E-state index contributed by atoms with van der Waals surface area (Å²) < 4.78 is 22.1. The number of hydrogen-bond acceptors (Lipinski definition) is 4. The SMILES string of the molecule is CCN(C)c1ccc(S(N)(=O)=O)cc1N. The Balaban J connectivity index is 3.20. The van der Waals surface area contributed by atoms with Gasteiger partial charge in [0.05, 0.1) is 16.3 Å². The molecule has 0 fully saturated rings. The fourth-order valence-electron chi connectivity index (χ4n) is 1.23. The third kappa shape index (κ3) is 2.60. The lowest BCUT2D eigenvalue weighted by atomic mass is 10.2. The van der Waals surface area contributed by atoms with E-state index in [0.717, 1.165) is 12.2 Å². The maximum absolute atomic E-state index is 11.0. The van der Waals surface area contributed by atoms with E-state index in [1.165, 1.54) is 12.1 Å². The molecule has 0 aliphatic heterocycles. The van der Waals surface area contributed by atoms with Gasteiger partial charge in [-0.2, -0.15) is 0 Å². The maximum atomic E-state index is 11.0. The molecule has 1 rings (SSSR count). The van der Waals surface area contributed by atoms with Gasteiger partial charge in [0, 0.05) is 13.6 Å². The molecule has 15 heavy (non-hydrogen) atoms. The lowest BCUT2D eigenvalue weighted by molar-refractivity contribution is 0.598. The van der Waals surface area contributed by atoms with Crippen molar-refractivity contribution in [1.82, 2.24) is 0 Å². The topological polar surface area (TPSA) is 89.4 Å². The van der Waals surface area contributed by atoms with Gasteiger partial charge in [-0.15, -0.1) is 0 Å². The van der Waals surface area contributed by atoms with Crippen molar-refractivity contribution >= 4 is 21.4 Å². The predicted molar refractivity (Wildman–Crippen MR) is 61.2 cm³/mol. The summed E-state index contributed by atoms with van der Waals surface area (Å²) in [5.74, 6) is 0. The predicted octanol–water partition coefficient (Wildman–Crippen LogP) is 0.372. The molecule has 0 radical (unpaired) electrons. The van der Waals surface area contributed by atoms with Crippen LogP contribution in [0.5, 0.6) is 0 Å². The first-order chi connectivity index (χ1) is 6.86. The van der Waals surface area contributed by atoms with Crippen LogP contribution in [0.25, 0.3) is 0 Å². The second-order valence-corrected chi connectivity index (χ2v) is 4.84. The van der Waals surface area contributed by atoms with E-state index in [-0.39, 0.29) is 4.90 Å². The highest BCUT2D eigenvalue weighted by atomic mass is 32.2. The molecule has 0 spiro atoms. The van der Waals surface area contributed by atoms with E-state index >= 15 is 0 Å². The summed E-state index contributed by atoms with van der Waals surface area (Å²) in [6, 6.07) is 4.47. The third-order valence-electron chi connectivity index (χ3n) is 2.21. The molecule has 1 aromatic carbocycles. The average Bonchev–Trinajstić information content (AvgIpc) is 2.15. The maximum Gasteiger partial charge on any atom is 0.238 e. The van der Waals surface area contributed by atoms with Gasteiger partial charge in [-0.25, -0.2) is 13.6 Å². The molecule has 6 heteroatoms. The molecule has 0 amide bonds. The molecular weight excluding hydrogens is 214 g/mol. The molecular formula is C9H15N3O2S. The first-order valence-corrected chi connectivity index (χ1v) is 6.04. The van der Waals surface area contributed by atoms with Crippen molar-refractivity contribution < 1.29 is 8.42 Å². The van der Waals surface area contributed by atoms with Crippen LogP contribution in [-0.2, 0) is 10.0 Å². The first kappa shape index (κ1) is 11.8. The number of benzene rings is 1. The summed E-state index contributed by atoms with van der Waals surface area (Å²) in [5, 5.41) is 4.99. The average molecular weight is 229 g/mol. The highest BCUT2D eigenvalue weighted by molar-refractivity contribution is 7.89. The molecule has 4 N–H and O–H groups in total. The Morgan fingerprint density at radius 2 is 2.00 bits per heavy atom. The van der Waals surface area contributed by atoms with Gasteiger partial charge < -0.3 is 10.6 Å². The minimum absolute atomic E-state index is 0.0354. The highest BCUT2D eigenvalue weighted by Gasteiger charge is 2.11. The van der Waals surface area contributed by atoms with Crippen LogP contribution in [0.15, 0.2) is 23.1 Å². The van der Waals surface area contributed by atoms with Crippen LogP contribution in [0, 0.1) is 0 Å². The standard InChI is InChI=1S/C9H15N3O2S/c1-3-12(2)9-5-4-7(6-8(9)10)15(11,13)14/h4-6H,3,10H2,1-2H3,(H2,11,13,14). The van der Waals surface area contributed by atoms with Crippen molar-refractivity contribution in [2.24, 2.45) is 5.14 Å². The Kier molecular flexibility index (Phi) is 3.21. The van der Waals surface area contributed by atoms with Gasteiger partial charge in [0.15, 0.2) is 0 Å². The van der Waals surface area contributed by atoms with Crippen LogP contribution in [0.3, 0.4) is 0 Å². The van der Waals surface area contributed by atoms with E-state index in [1.54, 1.807) is 6.07 Å². The molecule has 0 unspecified atom stereocenters. The lowest BCUT2D eigenvalue weighted by Gasteiger charge is -2.19. The van der Waals surface area contributed by atoms with Crippen LogP contribution in [-0.4, -0.2) is 22.0 Å². The van der Waals surface area contributed by atoms with Crippen LogP contribution in [0.1, 0.15) is 6.92 Å². The number of nitrogen functional groups attached to an aromatic ring is 1. The van der Waals surface area contributed by atoms with Crippen molar-refractivity contribution in [3.8, 4) is 0 Å². The van der Waals surface area contributed by atoms with Gasteiger partial charge in [-0.1, -0.05) is 0 Å². The quantitative estimate of drug-likeness (QED) is 0.733. The van der Waals surface area contributed by atoms with Crippen LogP contribution >= 0.6 is 0 Å². The van der Waals surface area contributed by atoms with Gasteiger partial charge in [0.2, 0.25) is 10.0 Å². The molecule has 0 heterocycles.